The Morgan fingerprint density at radius 2 is 1.32 bits per heavy atom. The zero-order valence-corrected chi connectivity index (χ0v) is 20.9. The molecule has 0 spiro atoms. The molecule has 11 heteroatoms. The standard InChI is InChI=1S/C23H29N3O6S2/c1-17-7-8-18(33(28,29)25-11-3-4-12-25)15-20(17)23(27)24-21-16-19(9-10-22(21)32-2)34(30,31)26-13-5-6-14-26/h7-10,15-16H,3-6,11-14H2,1-2H3,(H,24,27). The highest BCUT2D eigenvalue weighted by Gasteiger charge is 2.30. The number of hydrogen-bond donors (Lipinski definition) is 1. The smallest absolute Gasteiger partial charge is 0.256 e. The van der Waals surface area contributed by atoms with Crippen LogP contribution in [0.1, 0.15) is 41.6 Å². The van der Waals surface area contributed by atoms with Crippen molar-refractivity contribution < 1.29 is 26.4 Å². The molecular formula is C23H29N3O6S2. The number of nitrogens with one attached hydrogen (secondary N) is 1. The van der Waals surface area contributed by atoms with Crippen LogP contribution >= 0.6 is 0 Å². The van der Waals surface area contributed by atoms with Gasteiger partial charge in [-0.15, -0.1) is 0 Å². The molecular weight excluding hydrogens is 478 g/mol. The fraction of sp³-hybridized carbons (Fsp3) is 0.435. The molecule has 9 nitrogen and oxygen atoms in total. The molecule has 0 unspecified atom stereocenters. The third-order valence-electron chi connectivity index (χ3n) is 6.28. The number of hydrogen-bond acceptors (Lipinski definition) is 6. The maximum atomic E-state index is 13.2. The zero-order chi connectivity index (χ0) is 24.5. The zero-order valence-electron chi connectivity index (χ0n) is 19.3. The molecule has 2 fully saturated rings. The van der Waals surface area contributed by atoms with Crippen LogP contribution in [-0.2, 0) is 20.0 Å². The summed E-state index contributed by atoms with van der Waals surface area (Å²) < 4.78 is 60.1. The van der Waals surface area contributed by atoms with E-state index in [4.69, 9.17) is 4.74 Å². The van der Waals surface area contributed by atoms with E-state index in [9.17, 15) is 21.6 Å². The minimum absolute atomic E-state index is 0.0578. The summed E-state index contributed by atoms with van der Waals surface area (Å²) in [5.41, 5.74) is 0.979. The van der Waals surface area contributed by atoms with Gasteiger partial charge in [0.15, 0.2) is 0 Å². The Kier molecular flexibility index (Phi) is 6.99. The monoisotopic (exact) mass is 507 g/mol. The first-order valence-corrected chi connectivity index (χ1v) is 14.1. The number of benzene rings is 2. The third kappa shape index (κ3) is 4.70. The number of nitrogens with zero attached hydrogens (tertiary/aromatic N) is 2. The molecule has 0 saturated carbocycles. The average Bonchev–Trinajstić information content (AvgIpc) is 3.54. The van der Waals surface area contributed by atoms with Crippen LogP contribution in [0, 0.1) is 6.92 Å². The van der Waals surface area contributed by atoms with Crippen molar-refractivity contribution in [2.75, 3.05) is 38.6 Å². The van der Waals surface area contributed by atoms with E-state index in [0.717, 1.165) is 25.7 Å². The Labute approximate surface area is 200 Å². The van der Waals surface area contributed by atoms with Gasteiger partial charge in [0.1, 0.15) is 5.75 Å². The second-order valence-electron chi connectivity index (χ2n) is 8.52. The first-order valence-electron chi connectivity index (χ1n) is 11.2. The van der Waals surface area contributed by atoms with Crippen molar-refractivity contribution in [3.05, 3.63) is 47.5 Å². The van der Waals surface area contributed by atoms with Gasteiger partial charge in [-0.3, -0.25) is 4.79 Å². The van der Waals surface area contributed by atoms with Crippen LogP contribution in [0.3, 0.4) is 0 Å². The lowest BCUT2D eigenvalue weighted by Gasteiger charge is -2.18. The maximum absolute atomic E-state index is 13.2. The van der Waals surface area contributed by atoms with Gasteiger partial charge >= 0.3 is 0 Å². The summed E-state index contributed by atoms with van der Waals surface area (Å²) in [6, 6.07) is 8.81. The molecule has 1 amide bonds. The van der Waals surface area contributed by atoms with Crippen molar-refractivity contribution in [1.29, 1.82) is 0 Å². The summed E-state index contributed by atoms with van der Waals surface area (Å²) in [6.45, 7) is 3.58. The van der Waals surface area contributed by atoms with Gasteiger partial charge in [-0.1, -0.05) is 6.07 Å². The number of amides is 1. The number of aryl methyl sites for hydroxylation is 1. The van der Waals surface area contributed by atoms with Crippen LogP contribution in [0.5, 0.6) is 5.75 Å². The Hall–Kier alpha value is -2.47. The Morgan fingerprint density at radius 3 is 1.85 bits per heavy atom. The summed E-state index contributed by atoms with van der Waals surface area (Å²) >= 11 is 0. The molecule has 0 bridgehead atoms. The Balaban J connectivity index is 1.65. The average molecular weight is 508 g/mol. The van der Waals surface area contributed by atoms with Crippen LogP contribution in [0.2, 0.25) is 0 Å². The van der Waals surface area contributed by atoms with Crippen molar-refractivity contribution in [3.63, 3.8) is 0 Å². The summed E-state index contributed by atoms with van der Waals surface area (Å²) in [5, 5.41) is 2.71. The molecule has 0 radical (unpaired) electrons. The molecule has 34 heavy (non-hydrogen) atoms. The molecule has 2 saturated heterocycles. The first kappa shape index (κ1) is 24.6. The molecule has 2 aliphatic rings. The molecule has 0 aromatic heterocycles. The molecule has 0 aliphatic carbocycles. The van der Waals surface area contributed by atoms with Gasteiger partial charge in [-0.2, -0.15) is 8.61 Å². The maximum Gasteiger partial charge on any atom is 0.256 e. The SMILES string of the molecule is COc1ccc(S(=O)(=O)N2CCCC2)cc1NC(=O)c1cc(S(=O)(=O)N2CCCC2)ccc1C. The summed E-state index contributed by atoms with van der Waals surface area (Å²) in [4.78, 5) is 13.3. The predicted octanol–water partition coefficient (Wildman–Crippen LogP) is 2.82. The number of anilines is 1. The van der Waals surface area contributed by atoms with E-state index < -0.39 is 26.0 Å². The highest BCUT2D eigenvalue weighted by Crippen LogP contribution is 2.31. The van der Waals surface area contributed by atoms with Gasteiger partial charge < -0.3 is 10.1 Å². The number of carbonyl (C=O) groups is 1. The topological polar surface area (TPSA) is 113 Å². The minimum atomic E-state index is -3.69. The lowest BCUT2D eigenvalue weighted by molar-refractivity contribution is 0.102. The number of sulfonamides is 2. The summed E-state index contributed by atoms with van der Waals surface area (Å²) in [6.07, 6.45) is 3.26. The molecule has 1 N–H and O–H groups in total. The normalized spacial score (nSPS) is 17.7. The summed E-state index contributed by atoms with van der Waals surface area (Å²) in [7, 11) is -5.95. The van der Waals surface area contributed by atoms with Crippen LogP contribution in [0.4, 0.5) is 5.69 Å². The van der Waals surface area contributed by atoms with Gasteiger partial charge in [0, 0.05) is 31.7 Å². The number of rotatable bonds is 7. The fourth-order valence-electron chi connectivity index (χ4n) is 4.30. The van der Waals surface area contributed by atoms with Crippen molar-refractivity contribution in [3.8, 4) is 5.75 Å². The van der Waals surface area contributed by atoms with E-state index in [0.29, 0.717) is 37.5 Å². The predicted molar refractivity (Wildman–Crippen MR) is 128 cm³/mol. The highest BCUT2D eigenvalue weighted by molar-refractivity contribution is 7.89. The number of carbonyl (C=O) groups excluding carboxylic acids is 1. The van der Waals surface area contributed by atoms with E-state index in [1.807, 2.05) is 0 Å². The third-order valence-corrected chi connectivity index (χ3v) is 10.1. The van der Waals surface area contributed by atoms with Crippen LogP contribution in [0.15, 0.2) is 46.2 Å². The van der Waals surface area contributed by atoms with E-state index in [1.165, 1.54) is 46.1 Å². The van der Waals surface area contributed by atoms with Gasteiger partial charge in [0.05, 0.1) is 22.6 Å². The minimum Gasteiger partial charge on any atom is -0.495 e. The van der Waals surface area contributed by atoms with E-state index >= 15 is 0 Å². The van der Waals surface area contributed by atoms with Gasteiger partial charge in [0.25, 0.3) is 5.91 Å². The highest BCUT2D eigenvalue weighted by atomic mass is 32.2. The van der Waals surface area contributed by atoms with Crippen molar-refractivity contribution in [1.82, 2.24) is 8.61 Å². The first-order chi connectivity index (χ1) is 16.1. The quantitative estimate of drug-likeness (QED) is 0.617. The van der Waals surface area contributed by atoms with Crippen molar-refractivity contribution in [2.24, 2.45) is 0 Å². The van der Waals surface area contributed by atoms with Crippen molar-refractivity contribution in [2.45, 2.75) is 42.4 Å². The Morgan fingerprint density at radius 1 is 0.824 bits per heavy atom. The largest absolute Gasteiger partial charge is 0.495 e. The lowest BCUT2D eigenvalue weighted by atomic mass is 10.1. The second-order valence-corrected chi connectivity index (χ2v) is 12.4. The Bertz CT molecular complexity index is 1300. The molecule has 2 aromatic rings. The molecule has 4 rings (SSSR count). The lowest BCUT2D eigenvalue weighted by Crippen LogP contribution is -2.28. The fourth-order valence-corrected chi connectivity index (χ4v) is 7.38. The van der Waals surface area contributed by atoms with E-state index in [2.05, 4.69) is 5.32 Å². The van der Waals surface area contributed by atoms with E-state index in [-0.39, 0.29) is 21.0 Å². The van der Waals surface area contributed by atoms with Gasteiger partial charge in [0.2, 0.25) is 20.0 Å². The molecule has 184 valence electrons. The second kappa shape index (κ2) is 9.65. The molecule has 2 aliphatic heterocycles. The van der Waals surface area contributed by atoms with E-state index in [1.54, 1.807) is 13.0 Å². The van der Waals surface area contributed by atoms with Crippen molar-refractivity contribution >= 4 is 31.6 Å². The van der Waals surface area contributed by atoms with Gasteiger partial charge in [-0.25, -0.2) is 16.8 Å². The molecule has 2 heterocycles. The molecule has 0 atom stereocenters. The van der Waals surface area contributed by atoms with Gasteiger partial charge in [-0.05, 0) is 68.5 Å². The summed E-state index contributed by atoms with van der Waals surface area (Å²) in [5.74, 6) is -0.253. The number of ether oxygens (including phenoxy) is 1. The van der Waals surface area contributed by atoms with Crippen LogP contribution in [-0.4, -0.2) is 64.6 Å². The van der Waals surface area contributed by atoms with Crippen LogP contribution < -0.4 is 10.1 Å². The van der Waals surface area contributed by atoms with Crippen LogP contribution in [0.25, 0.3) is 0 Å². The molecule has 2 aromatic carbocycles. The number of methoxy groups -OCH3 is 1.